The molecule has 0 atom stereocenters. The highest BCUT2D eigenvalue weighted by atomic mass is 79.9. The Labute approximate surface area is 138 Å². The molecule has 0 radical (unpaired) electrons. The Bertz CT molecular complexity index is 751. The minimum Gasteiger partial charge on any atom is -0.0901 e. The SMILES string of the molecule is Cc1cc(Sc2ccccc2)cc(-c2cccc(Br)c2)c1. The molecule has 104 valence electrons. The van der Waals surface area contributed by atoms with Gasteiger partial charge in [0.2, 0.25) is 0 Å². The lowest BCUT2D eigenvalue weighted by molar-refractivity contribution is 1.34. The Kier molecular flexibility index (Phi) is 4.47. The Balaban J connectivity index is 1.97. The molecule has 0 bridgehead atoms. The molecule has 0 aromatic heterocycles. The third kappa shape index (κ3) is 3.78. The maximum Gasteiger partial charge on any atom is 0.0181 e. The maximum absolute atomic E-state index is 3.55. The van der Waals surface area contributed by atoms with Crippen LogP contribution in [0.5, 0.6) is 0 Å². The number of benzene rings is 3. The van der Waals surface area contributed by atoms with E-state index in [4.69, 9.17) is 0 Å². The quantitative estimate of drug-likeness (QED) is 0.512. The van der Waals surface area contributed by atoms with E-state index >= 15 is 0 Å². The molecule has 3 rings (SSSR count). The van der Waals surface area contributed by atoms with Gasteiger partial charge in [-0.3, -0.25) is 0 Å². The zero-order valence-electron chi connectivity index (χ0n) is 11.7. The van der Waals surface area contributed by atoms with E-state index in [2.05, 4.69) is 89.6 Å². The highest BCUT2D eigenvalue weighted by Gasteiger charge is 2.04. The zero-order chi connectivity index (χ0) is 14.7. The number of hydrogen-bond acceptors (Lipinski definition) is 1. The fourth-order valence-corrected chi connectivity index (χ4v) is 3.66. The van der Waals surface area contributed by atoms with Crippen LogP contribution in [0.4, 0.5) is 0 Å². The average molecular weight is 355 g/mol. The largest absolute Gasteiger partial charge is 0.0901 e. The first-order valence-corrected chi connectivity index (χ1v) is 8.42. The molecule has 0 saturated heterocycles. The normalized spacial score (nSPS) is 10.6. The van der Waals surface area contributed by atoms with Gasteiger partial charge in [-0.05, 0) is 60.0 Å². The van der Waals surface area contributed by atoms with Crippen molar-refractivity contribution in [2.75, 3.05) is 0 Å². The molecule has 2 heteroatoms. The van der Waals surface area contributed by atoms with Crippen LogP contribution in [0.15, 0.2) is 87.1 Å². The molecule has 0 saturated carbocycles. The third-order valence-electron chi connectivity index (χ3n) is 3.19. The first kappa shape index (κ1) is 14.4. The smallest absolute Gasteiger partial charge is 0.0181 e. The summed E-state index contributed by atoms with van der Waals surface area (Å²) in [6.07, 6.45) is 0. The van der Waals surface area contributed by atoms with Crippen LogP contribution >= 0.6 is 27.7 Å². The average Bonchev–Trinajstić information content (AvgIpc) is 2.48. The zero-order valence-corrected chi connectivity index (χ0v) is 14.1. The Morgan fingerprint density at radius 3 is 2.29 bits per heavy atom. The van der Waals surface area contributed by atoms with E-state index in [1.165, 1.54) is 26.5 Å². The standard InChI is InChI=1S/C19H15BrS/c1-14-10-16(15-6-5-7-17(20)12-15)13-19(11-14)21-18-8-3-2-4-9-18/h2-13H,1H3. The lowest BCUT2D eigenvalue weighted by atomic mass is 10.0. The second kappa shape index (κ2) is 6.50. The van der Waals surface area contributed by atoms with Crippen molar-refractivity contribution in [1.29, 1.82) is 0 Å². The summed E-state index contributed by atoms with van der Waals surface area (Å²) < 4.78 is 1.11. The molecular weight excluding hydrogens is 340 g/mol. The van der Waals surface area contributed by atoms with E-state index in [-0.39, 0.29) is 0 Å². The molecule has 0 nitrogen and oxygen atoms in total. The van der Waals surface area contributed by atoms with Crippen LogP contribution < -0.4 is 0 Å². The Morgan fingerprint density at radius 2 is 1.52 bits per heavy atom. The molecule has 3 aromatic carbocycles. The highest BCUT2D eigenvalue weighted by Crippen LogP contribution is 2.32. The van der Waals surface area contributed by atoms with Crippen LogP contribution in [0, 0.1) is 6.92 Å². The summed E-state index contributed by atoms with van der Waals surface area (Å²) in [5, 5.41) is 0. The molecular formula is C19H15BrS. The highest BCUT2D eigenvalue weighted by molar-refractivity contribution is 9.10. The molecule has 0 N–H and O–H groups in total. The van der Waals surface area contributed by atoms with E-state index in [0.717, 1.165) is 4.47 Å². The van der Waals surface area contributed by atoms with Crippen molar-refractivity contribution in [2.24, 2.45) is 0 Å². The van der Waals surface area contributed by atoms with Crippen LogP contribution in [0.25, 0.3) is 11.1 Å². The summed E-state index contributed by atoms with van der Waals surface area (Å²) in [5.74, 6) is 0. The number of halogens is 1. The molecule has 3 aromatic rings. The summed E-state index contributed by atoms with van der Waals surface area (Å²) in [5.41, 5.74) is 3.78. The monoisotopic (exact) mass is 354 g/mol. The summed E-state index contributed by atoms with van der Waals surface area (Å²) in [6.45, 7) is 2.15. The van der Waals surface area contributed by atoms with E-state index in [1.807, 2.05) is 6.07 Å². The van der Waals surface area contributed by atoms with Crippen molar-refractivity contribution < 1.29 is 0 Å². The minimum absolute atomic E-state index is 1.11. The second-order valence-electron chi connectivity index (χ2n) is 4.96. The fourth-order valence-electron chi connectivity index (χ4n) is 2.27. The molecule has 21 heavy (non-hydrogen) atoms. The van der Waals surface area contributed by atoms with E-state index in [1.54, 1.807) is 11.8 Å². The van der Waals surface area contributed by atoms with Crippen LogP contribution in [0.2, 0.25) is 0 Å². The van der Waals surface area contributed by atoms with Crippen LogP contribution in [0.1, 0.15) is 5.56 Å². The lowest BCUT2D eigenvalue weighted by Crippen LogP contribution is -1.83. The lowest BCUT2D eigenvalue weighted by Gasteiger charge is -2.08. The van der Waals surface area contributed by atoms with Crippen LogP contribution in [-0.2, 0) is 0 Å². The van der Waals surface area contributed by atoms with Gasteiger partial charge in [0, 0.05) is 14.3 Å². The van der Waals surface area contributed by atoms with Crippen molar-refractivity contribution in [3.8, 4) is 11.1 Å². The Hall–Kier alpha value is -1.51. The fraction of sp³-hybridized carbons (Fsp3) is 0.0526. The van der Waals surface area contributed by atoms with Crippen molar-refractivity contribution in [3.05, 3.63) is 82.8 Å². The molecule has 0 fully saturated rings. The first-order valence-electron chi connectivity index (χ1n) is 6.81. The Morgan fingerprint density at radius 1 is 0.714 bits per heavy atom. The summed E-state index contributed by atoms with van der Waals surface area (Å²) >= 11 is 5.35. The number of hydrogen-bond donors (Lipinski definition) is 0. The summed E-state index contributed by atoms with van der Waals surface area (Å²) in [6, 6.07) is 25.7. The second-order valence-corrected chi connectivity index (χ2v) is 7.02. The predicted molar refractivity (Wildman–Crippen MR) is 94.9 cm³/mol. The van der Waals surface area contributed by atoms with Crippen LogP contribution in [0.3, 0.4) is 0 Å². The van der Waals surface area contributed by atoms with Crippen molar-refractivity contribution in [1.82, 2.24) is 0 Å². The molecule has 0 unspecified atom stereocenters. The number of rotatable bonds is 3. The van der Waals surface area contributed by atoms with E-state index in [9.17, 15) is 0 Å². The van der Waals surface area contributed by atoms with Gasteiger partial charge in [0.05, 0.1) is 0 Å². The van der Waals surface area contributed by atoms with Gasteiger partial charge in [0.15, 0.2) is 0 Å². The van der Waals surface area contributed by atoms with Crippen molar-refractivity contribution in [3.63, 3.8) is 0 Å². The van der Waals surface area contributed by atoms with Gasteiger partial charge in [-0.15, -0.1) is 0 Å². The van der Waals surface area contributed by atoms with Crippen molar-refractivity contribution >= 4 is 27.7 Å². The van der Waals surface area contributed by atoms with Gasteiger partial charge in [-0.2, -0.15) is 0 Å². The van der Waals surface area contributed by atoms with E-state index < -0.39 is 0 Å². The van der Waals surface area contributed by atoms with Gasteiger partial charge in [0.1, 0.15) is 0 Å². The van der Waals surface area contributed by atoms with Crippen LogP contribution in [-0.4, -0.2) is 0 Å². The van der Waals surface area contributed by atoms with Crippen molar-refractivity contribution in [2.45, 2.75) is 16.7 Å². The van der Waals surface area contributed by atoms with Gasteiger partial charge in [-0.25, -0.2) is 0 Å². The third-order valence-corrected chi connectivity index (χ3v) is 4.66. The van der Waals surface area contributed by atoms with Gasteiger partial charge >= 0.3 is 0 Å². The molecule has 0 aliphatic carbocycles. The molecule has 0 heterocycles. The van der Waals surface area contributed by atoms with Gasteiger partial charge in [-0.1, -0.05) is 64.1 Å². The molecule has 0 amide bonds. The van der Waals surface area contributed by atoms with Gasteiger partial charge in [0.25, 0.3) is 0 Å². The van der Waals surface area contributed by atoms with E-state index in [0.29, 0.717) is 0 Å². The summed E-state index contributed by atoms with van der Waals surface area (Å²) in [4.78, 5) is 2.54. The number of aryl methyl sites for hydroxylation is 1. The first-order chi connectivity index (χ1) is 10.2. The topological polar surface area (TPSA) is 0 Å². The molecule has 0 aliphatic heterocycles. The van der Waals surface area contributed by atoms with Gasteiger partial charge < -0.3 is 0 Å². The summed E-state index contributed by atoms with van der Waals surface area (Å²) in [7, 11) is 0. The predicted octanol–water partition coefficient (Wildman–Crippen LogP) is 6.58. The molecule has 0 spiro atoms. The molecule has 0 aliphatic rings. The maximum atomic E-state index is 3.55. The minimum atomic E-state index is 1.11.